The first kappa shape index (κ1) is 44.6. The van der Waals surface area contributed by atoms with E-state index >= 15 is 0 Å². The van der Waals surface area contributed by atoms with Gasteiger partial charge in [0.15, 0.2) is 0 Å². The summed E-state index contributed by atoms with van der Waals surface area (Å²) >= 11 is 1.97. The molecule has 3 rings (SSSR count). The zero-order chi connectivity index (χ0) is 35.4. The van der Waals surface area contributed by atoms with Crippen LogP contribution in [0.3, 0.4) is 0 Å². The van der Waals surface area contributed by atoms with Gasteiger partial charge in [-0.2, -0.15) is 11.8 Å². The Morgan fingerprint density at radius 2 is 1.08 bits per heavy atom. The molecule has 0 spiro atoms. The second-order valence-electron chi connectivity index (χ2n) is 13.3. The van der Waals surface area contributed by atoms with Gasteiger partial charge in [-0.3, -0.25) is 38.8 Å². The van der Waals surface area contributed by atoms with E-state index in [1.54, 1.807) is 14.7 Å². The Morgan fingerprint density at radius 1 is 0.640 bits per heavy atom. The summed E-state index contributed by atoms with van der Waals surface area (Å²) < 4.78 is 0. The van der Waals surface area contributed by atoms with E-state index in [0.29, 0.717) is 70.2 Å². The van der Waals surface area contributed by atoms with Crippen molar-refractivity contribution in [1.29, 1.82) is 0 Å². The molecule has 50 heavy (non-hydrogen) atoms. The van der Waals surface area contributed by atoms with Gasteiger partial charge >= 0.3 is 23.9 Å². The van der Waals surface area contributed by atoms with Crippen LogP contribution in [0.2, 0.25) is 0 Å². The number of hydrogen-bond donors (Lipinski definition) is 7. The Balaban J connectivity index is 0.00000867. The van der Waals surface area contributed by atoms with Gasteiger partial charge in [0, 0.05) is 103 Å². The van der Waals surface area contributed by atoms with Crippen LogP contribution in [0, 0.1) is 0 Å². The number of urea groups is 1. The smallest absolute Gasteiger partial charge is 0.317 e. The van der Waals surface area contributed by atoms with Crippen molar-refractivity contribution >= 4 is 41.6 Å². The molecule has 7 N–H and O–H groups in total. The molecule has 3 aliphatic heterocycles. The van der Waals surface area contributed by atoms with Crippen LogP contribution in [0.1, 0.15) is 51.4 Å². The third-order valence-electron chi connectivity index (χ3n) is 9.26. The fourth-order valence-corrected chi connectivity index (χ4v) is 8.08. The molecule has 0 aromatic heterocycles. The summed E-state index contributed by atoms with van der Waals surface area (Å²) in [6.07, 6.45) is 8.75. The second kappa shape index (κ2) is 25.4. The van der Waals surface area contributed by atoms with E-state index in [-0.39, 0.29) is 76.9 Å². The molecule has 18 heteroatoms. The molecule has 0 aromatic rings. The summed E-state index contributed by atoms with van der Waals surface area (Å²) in [6, 6.07) is 0.557. The van der Waals surface area contributed by atoms with Crippen LogP contribution in [0.4, 0.5) is 4.79 Å². The molecule has 3 aliphatic rings. The number of rotatable bonds is 21. The Hall–Kier alpha value is -1.60. The first-order chi connectivity index (χ1) is 23.6. The van der Waals surface area contributed by atoms with E-state index in [9.17, 15) is 39.3 Å². The van der Waals surface area contributed by atoms with E-state index in [2.05, 4.69) is 21.3 Å². The van der Waals surface area contributed by atoms with E-state index in [0.717, 1.165) is 57.4 Å². The number of nitrogens with one attached hydrogen (secondary N) is 4. The maximum absolute atomic E-state index is 12.8. The molecule has 3 saturated heterocycles. The number of carbonyl (C=O) groups excluding carboxylic acids is 2. The summed E-state index contributed by atoms with van der Waals surface area (Å²) in [5, 5.41) is 41.2. The van der Waals surface area contributed by atoms with Crippen LogP contribution >= 0.6 is 11.8 Å². The molecule has 0 aromatic carbocycles. The molecular formula is C32H58N8O8SY. The number of unbranched alkanes of at least 4 members (excludes halogenated alkanes) is 5. The second-order valence-corrected chi connectivity index (χ2v) is 14.5. The summed E-state index contributed by atoms with van der Waals surface area (Å²) in [4.78, 5) is 65.7. The Labute approximate surface area is 325 Å². The Kier molecular flexibility index (Phi) is 22.6. The number of carboxylic acids is 3. The van der Waals surface area contributed by atoms with Gasteiger partial charge in [0.25, 0.3) is 0 Å². The molecule has 283 valence electrons. The predicted octanol–water partition coefficient (Wildman–Crippen LogP) is -0.549. The standard InChI is InChI=1S/C32H58N8O8S.Y/c41-27(34-11-7-2-1-5-9-33-10-6-3-4-8-26-31-25(24-49-26)35-32(48)36-31)20-37-12-14-38(21-28(42)43)16-18-40(23-30(46)47)19-17-39(15-13-37)22-29(44)45;/h25-26,31,33H,1-24H2,(H,34,41)(H,42,43)(H,44,45)(H,46,47)(H2,35,36,48);/t25-,26-,31-;/m0./s1/i;1+1. The first-order valence-corrected chi connectivity index (χ1v) is 18.8. The molecule has 3 atom stereocenters. The molecule has 3 amide bonds. The molecule has 3 heterocycles. The van der Waals surface area contributed by atoms with Crippen LogP contribution in [0.5, 0.6) is 0 Å². The van der Waals surface area contributed by atoms with Crippen LogP contribution in [0.15, 0.2) is 0 Å². The number of carbonyl (C=O) groups is 5. The number of fused-ring (bicyclic) bond motifs is 1. The van der Waals surface area contributed by atoms with Gasteiger partial charge in [0.2, 0.25) is 5.91 Å². The molecule has 0 bridgehead atoms. The van der Waals surface area contributed by atoms with Crippen LogP contribution in [-0.4, -0.2) is 186 Å². The van der Waals surface area contributed by atoms with Crippen molar-refractivity contribution in [1.82, 2.24) is 40.9 Å². The molecule has 0 unspecified atom stereocenters. The minimum absolute atomic E-state index is 0. The van der Waals surface area contributed by atoms with Gasteiger partial charge in [-0.15, -0.1) is 0 Å². The number of carboxylic acid groups (broad SMARTS) is 3. The van der Waals surface area contributed by atoms with Crippen LogP contribution in [0.25, 0.3) is 0 Å². The van der Waals surface area contributed by atoms with Gasteiger partial charge in [-0.05, 0) is 38.8 Å². The summed E-state index contributed by atoms with van der Waals surface area (Å²) in [5.74, 6) is -2.07. The number of aliphatic carboxylic acids is 3. The molecular weight excluding hydrogens is 746 g/mol. The summed E-state index contributed by atoms with van der Waals surface area (Å²) in [7, 11) is 0. The fraction of sp³-hybridized carbons (Fsp3) is 0.844. The third kappa shape index (κ3) is 18.8. The average Bonchev–Trinajstić information content (AvgIpc) is 3.59. The predicted molar refractivity (Wildman–Crippen MR) is 187 cm³/mol. The number of thioether (sulfide) groups is 1. The quantitative estimate of drug-likeness (QED) is 0.0575. The number of nitrogens with zero attached hydrogens (tertiary/aromatic N) is 4. The Bertz CT molecular complexity index is 1030. The fourth-order valence-electron chi connectivity index (χ4n) is 6.54. The van der Waals surface area contributed by atoms with E-state index in [1.807, 2.05) is 16.7 Å². The van der Waals surface area contributed by atoms with E-state index in [4.69, 9.17) is 0 Å². The van der Waals surface area contributed by atoms with Gasteiger partial charge in [-0.25, -0.2) is 4.79 Å². The molecule has 0 aliphatic carbocycles. The summed E-state index contributed by atoms with van der Waals surface area (Å²) in [5.41, 5.74) is 0. The SMILES string of the molecule is O=C(O)CN1CCN(CC(=O)O)CCN(CC(=O)NCCCCCCNCCCCC[C@@H]2SC[C@@H]3NC(=O)N[C@@H]32)CCN(CC(=O)O)CC1.[90Y]. The van der Waals surface area contributed by atoms with Crippen molar-refractivity contribution in [3.05, 3.63) is 0 Å². The van der Waals surface area contributed by atoms with Crippen LogP contribution in [-0.2, 0) is 51.9 Å². The van der Waals surface area contributed by atoms with Gasteiger partial charge < -0.3 is 36.6 Å². The van der Waals surface area contributed by atoms with Crippen molar-refractivity contribution in [3.63, 3.8) is 0 Å². The molecule has 3 fully saturated rings. The van der Waals surface area contributed by atoms with Gasteiger partial charge in [0.05, 0.1) is 38.3 Å². The number of amides is 3. The maximum atomic E-state index is 12.8. The zero-order valence-electron chi connectivity index (χ0n) is 29.4. The van der Waals surface area contributed by atoms with Gasteiger partial charge in [-0.1, -0.05) is 25.7 Å². The normalized spacial score (nSPS) is 22.7. The Morgan fingerprint density at radius 3 is 1.56 bits per heavy atom. The minimum Gasteiger partial charge on any atom is -0.480 e. The van der Waals surface area contributed by atoms with Crippen molar-refractivity contribution < 1.29 is 72.0 Å². The average molecular weight is 805 g/mol. The monoisotopic (exact) mass is 804 g/mol. The molecule has 1 radical (unpaired) electrons. The van der Waals surface area contributed by atoms with Crippen molar-refractivity contribution in [2.75, 3.05) is 104 Å². The van der Waals surface area contributed by atoms with E-state index in [1.165, 1.54) is 12.8 Å². The third-order valence-corrected chi connectivity index (χ3v) is 10.8. The summed E-state index contributed by atoms with van der Waals surface area (Å²) in [6.45, 7) is 5.07. The largest absolute Gasteiger partial charge is 0.480 e. The van der Waals surface area contributed by atoms with Crippen molar-refractivity contribution in [2.24, 2.45) is 0 Å². The number of hydrogen-bond acceptors (Lipinski definition) is 11. The van der Waals surface area contributed by atoms with Crippen molar-refractivity contribution in [3.8, 4) is 0 Å². The topological polar surface area (TPSA) is 207 Å². The maximum Gasteiger partial charge on any atom is 0.317 e. The van der Waals surface area contributed by atoms with Gasteiger partial charge in [0.1, 0.15) is 0 Å². The van der Waals surface area contributed by atoms with E-state index < -0.39 is 17.9 Å². The molecule has 16 nitrogen and oxygen atoms in total. The van der Waals surface area contributed by atoms with Crippen LogP contribution < -0.4 is 21.3 Å². The zero-order valence-corrected chi connectivity index (χ0v) is 33.0. The van der Waals surface area contributed by atoms with Crippen molar-refractivity contribution in [2.45, 2.75) is 68.7 Å². The first-order valence-electron chi connectivity index (χ1n) is 17.8. The minimum atomic E-state index is -0.998. The molecule has 0 saturated carbocycles.